The molecule has 0 bridgehead atoms. The van der Waals surface area contributed by atoms with Gasteiger partial charge in [-0.05, 0) is 57.9 Å². The summed E-state index contributed by atoms with van der Waals surface area (Å²) in [5, 5.41) is 0. The fraction of sp³-hybridized carbons (Fsp3) is 0.529. The molecule has 0 radical (unpaired) electrons. The molecule has 2 N–H and O–H groups in total. The molecular formula is C17H24N2O3. The second kappa shape index (κ2) is 6.38. The van der Waals surface area contributed by atoms with Gasteiger partial charge in [0.1, 0.15) is 5.60 Å². The van der Waals surface area contributed by atoms with E-state index < -0.39 is 5.60 Å². The number of carbonyl (C=O) groups is 2. The molecule has 1 aromatic carbocycles. The second-order valence-electron chi connectivity index (χ2n) is 6.75. The first-order chi connectivity index (χ1) is 10.3. The van der Waals surface area contributed by atoms with E-state index in [0.29, 0.717) is 24.3 Å². The van der Waals surface area contributed by atoms with Crippen molar-refractivity contribution in [1.82, 2.24) is 4.90 Å². The van der Waals surface area contributed by atoms with Crippen molar-refractivity contribution in [3.63, 3.8) is 0 Å². The van der Waals surface area contributed by atoms with Crippen LogP contribution in [0.1, 0.15) is 44.0 Å². The Kier molecular flexibility index (Phi) is 4.74. The van der Waals surface area contributed by atoms with Crippen molar-refractivity contribution in [2.45, 2.75) is 39.2 Å². The molecule has 0 spiro atoms. The van der Waals surface area contributed by atoms with Crippen LogP contribution in [0.25, 0.3) is 0 Å². The molecule has 1 aliphatic rings. The van der Waals surface area contributed by atoms with E-state index >= 15 is 0 Å². The first-order valence-electron chi connectivity index (χ1n) is 7.64. The van der Waals surface area contributed by atoms with Crippen molar-refractivity contribution in [3.05, 3.63) is 29.8 Å². The summed E-state index contributed by atoms with van der Waals surface area (Å²) in [6.07, 6.45) is 1.26. The van der Waals surface area contributed by atoms with Gasteiger partial charge in [0.15, 0.2) is 5.78 Å². The number of anilines is 1. The van der Waals surface area contributed by atoms with E-state index in [1.165, 1.54) is 0 Å². The summed E-state index contributed by atoms with van der Waals surface area (Å²) < 4.78 is 5.39. The van der Waals surface area contributed by atoms with Gasteiger partial charge in [-0.2, -0.15) is 0 Å². The third-order valence-electron chi connectivity index (χ3n) is 3.64. The number of Topliss-reactive ketones (excluding diaryl/α,β-unsaturated/α-hetero) is 1. The van der Waals surface area contributed by atoms with Crippen LogP contribution in [0.4, 0.5) is 10.5 Å². The minimum atomic E-state index is -0.523. The number of nitrogens with two attached hydrogens (primary N) is 1. The molecule has 1 saturated heterocycles. The van der Waals surface area contributed by atoms with Crippen LogP contribution in [0.5, 0.6) is 0 Å². The maximum Gasteiger partial charge on any atom is 0.410 e. The number of nitrogens with zero attached hydrogens (tertiary/aromatic N) is 1. The van der Waals surface area contributed by atoms with Crippen molar-refractivity contribution >= 4 is 17.6 Å². The van der Waals surface area contributed by atoms with Crippen LogP contribution in [0.3, 0.4) is 0 Å². The fourth-order valence-corrected chi connectivity index (χ4v) is 2.57. The van der Waals surface area contributed by atoms with Crippen LogP contribution in [0.2, 0.25) is 0 Å². The van der Waals surface area contributed by atoms with E-state index in [0.717, 1.165) is 12.8 Å². The topological polar surface area (TPSA) is 72.6 Å². The van der Waals surface area contributed by atoms with Crippen LogP contribution < -0.4 is 5.73 Å². The number of carbonyl (C=O) groups excluding carboxylic acids is 2. The lowest BCUT2D eigenvalue weighted by Gasteiger charge is -2.33. The molecule has 0 aliphatic carbocycles. The quantitative estimate of drug-likeness (QED) is 0.673. The smallest absolute Gasteiger partial charge is 0.410 e. The Bertz CT molecular complexity index is 546. The predicted octanol–water partition coefficient (Wildman–Crippen LogP) is 3.10. The van der Waals surface area contributed by atoms with E-state index in [9.17, 15) is 9.59 Å². The summed E-state index contributed by atoms with van der Waals surface area (Å²) in [5.41, 5.74) is 6.40. The van der Waals surface area contributed by atoms with Crippen LogP contribution in [-0.4, -0.2) is 35.5 Å². The maximum atomic E-state index is 12.5. The lowest BCUT2D eigenvalue weighted by Crippen LogP contribution is -2.44. The Morgan fingerprint density at radius 1 is 1.23 bits per heavy atom. The number of piperidine rings is 1. The van der Waals surface area contributed by atoms with E-state index in [2.05, 4.69) is 0 Å². The SMILES string of the molecule is CC(C)(C)OC(=O)N1CCCC(C(=O)c2ccc(N)cc2)C1. The highest BCUT2D eigenvalue weighted by molar-refractivity contribution is 5.98. The summed E-state index contributed by atoms with van der Waals surface area (Å²) in [5.74, 6) is -0.113. The predicted molar refractivity (Wildman–Crippen MR) is 85.7 cm³/mol. The number of nitrogen functional groups attached to an aromatic ring is 1. The second-order valence-corrected chi connectivity index (χ2v) is 6.75. The lowest BCUT2D eigenvalue weighted by molar-refractivity contribution is 0.0172. The van der Waals surface area contributed by atoms with Crippen molar-refractivity contribution in [2.75, 3.05) is 18.8 Å². The number of likely N-dealkylation sites (tertiary alicyclic amines) is 1. The first-order valence-corrected chi connectivity index (χ1v) is 7.64. The summed E-state index contributed by atoms with van der Waals surface area (Å²) in [7, 11) is 0. The van der Waals surface area contributed by atoms with Crippen LogP contribution in [-0.2, 0) is 4.74 Å². The van der Waals surface area contributed by atoms with Gasteiger partial charge in [0.05, 0.1) is 0 Å². The molecule has 5 heteroatoms. The van der Waals surface area contributed by atoms with Crippen LogP contribution in [0.15, 0.2) is 24.3 Å². The lowest BCUT2D eigenvalue weighted by atomic mass is 9.90. The molecule has 1 aromatic rings. The molecule has 5 nitrogen and oxygen atoms in total. The summed E-state index contributed by atoms with van der Waals surface area (Å²) in [4.78, 5) is 26.3. The molecular weight excluding hydrogens is 280 g/mol. The zero-order valence-electron chi connectivity index (χ0n) is 13.5. The fourth-order valence-electron chi connectivity index (χ4n) is 2.57. The average Bonchev–Trinajstić information content (AvgIpc) is 2.46. The van der Waals surface area contributed by atoms with Gasteiger partial charge in [-0.3, -0.25) is 4.79 Å². The Hall–Kier alpha value is -2.04. The molecule has 1 aliphatic heterocycles. The highest BCUT2D eigenvalue weighted by atomic mass is 16.6. The number of ketones is 1. The minimum absolute atomic E-state index is 0.0632. The van der Waals surface area contributed by atoms with E-state index in [4.69, 9.17) is 10.5 Å². The van der Waals surface area contributed by atoms with Crippen molar-refractivity contribution < 1.29 is 14.3 Å². The average molecular weight is 304 g/mol. The van der Waals surface area contributed by atoms with Gasteiger partial charge in [-0.25, -0.2) is 4.79 Å². The standard InChI is InChI=1S/C17H24N2O3/c1-17(2,3)22-16(21)19-10-4-5-13(11-19)15(20)12-6-8-14(18)9-7-12/h6-9,13H,4-5,10-11,18H2,1-3H3. The molecule has 1 atom stereocenters. The van der Waals surface area contributed by atoms with Crippen molar-refractivity contribution in [1.29, 1.82) is 0 Å². The number of hydrogen-bond acceptors (Lipinski definition) is 4. The summed E-state index contributed by atoms with van der Waals surface area (Å²) >= 11 is 0. The van der Waals surface area contributed by atoms with Crippen molar-refractivity contribution in [2.24, 2.45) is 5.92 Å². The zero-order chi connectivity index (χ0) is 16.3. The molecule has 22 heavy (non-hydrogen) atoms. The Balaban J connectivity index is 2.02. The largest absolute Gasteiger partial charge is 0.444 e. The molecule has 2 rings (SSSR count). The maximum absolute atomic E-state index is 12.5. The molecule has 120 valence electrons. The monoisotopic (exact) mass is 304 g/mol. The molecule has 0 aromatic heterocycles. The number of ether oxygens (including phenoxy) is 1. The third kappa shape index (κ3) is 4.23. The van der Waals surface area contributed by atoms with Crippen molar-refractivity contribution in [3.8, 4) is 0 Å². The van der Waals surface area contributed by atoms with Gasteiger partial charge >= 0.3 is 6.09 Å². The summed E-state index contributed by atoms with van der Waals surface area (Å²) in [6.45, 7) is 6.57. The van der Waals surface area contributed by atoms with Gasteiger partial charge in [-0.15, -0.1) is 0 Å². The molecule has 1 unspecified atom stereocenters. The van der Waals surface area contributed by atoms with Crippen LogP contribution in [0, 0.1) is 5.92 Å². The van der Waals surface area contributed by atoms with Gasteiger partial charge in [0.2, 0.25) is 0 Å². The number of benzene rings is 1. The van der Waals surface area contributed by atoms with Gasteiger partial charge in [0, 0.05) is 30.3 Å². The van der Waals surface area contributed by atoms with Gasteiger partial charge < -0.3 is 15.4 Å². The Labute approximate surface area is 131 Å². The number of hydrogen-bond donors (Lipinski definition) is 1. The molecule has 1 heterocycles. The highest BCUT2D eigenvalue weighted by Crippen LogP contribution is 2.23. The molecule has 1 amide bonds. The van der Waals surface area contributed by atoms with Crippen LogP contribution >= 0.6 is 0 Å². The number of amides is 1. The summed E-state index contributed by atoms with van der Waals surface area (Å²) in [6, 6.07) is 6.93. The Morgan fingerprint density at radius 2 is 1.86 bits per heavy atom. The van der Waals surface area contributed by atoms with E-state index in [-0.39, 0.29) is 17.8 Å². The van der Waals surface area contributed by atoms with E-state index in [1.54, 1.807) is 29.2 Å². The number of rotatable bonds is 2. The Morgan fingerprint density at radius 3 is 2.45 bits per heavy atom. The minimum Gasteiger partial charge on any atom is -0.444 e. The normalized spacial score (nSPS) is 18.9. The molecule has 0 saturated carbocycles. The first kappa shape index (κ1) is 16.3. The zero-order valence-corrected chi connectivity index (χ0v) is 13.5. The third-order valence-corrected chi connectivity index (χ3v) is 3.64. The van der Waals surface area contributed by atoms with Gasteiger partial charge in [0.25, 0.3) is 0 Å². The molecule has 1 fully saturated rings. The van der Waals surface area contributed by atoms with E-state index in [1.807, 2.05) is 20.8 Å². The van der Waals surface area contributed by atoms with Gasteiger partial charge in [-0.1, -0.05) is 0 Å². The highest BCUT2D eigenvalue weighted by Gasteiger charge is 2.31.